The van der Waals surface area contributed by atoms with E-state index in [1.54, 1.807) is 31.5 Å². The summed E-state index contributed by atoms with van der Waals surface area (Å²) in [6.07, 6.45) is 7.25. The highest BCUT2D eigenvalue weighted by atomic mass is 35.5. The fraction of sp³-hybridized carbons (Fsp3) is 0.0526. The number of halogens is 2. The first-order valence-corrected chi connectivity index (χ1v) is 7.85. The Balaban J connectivity index is 1.95. The van der Waals surface area contributed by atoms with Gasteiger partial charge in [0.25, 0.3) is 0 Å². The standard InChI is InChI=1S/C19H13ClFN3/c1-12-9-13(4-5-17(12)21)19-14(3-2-6-23-19)15-11-24-8-7-22-18(24)10-16(15)20/h2-11H,1H3. The normalized spacial score (nSPS) is 11.1. The number of aryl methyl sites for hydroxylation is 1. The first kappa shape index (κ1) is 14.8. The Kier molecular flexibility index (Phi) is 3.54. The average molecular weight is 338 g/mol. The number of hydrogen-bond donors (Lipinski definition) is 0. The van der Waals surface area contributed by atoms with E-state index in [1.807, 2.05) is 35.0 Å². The van der Waals surface area contributed by atoms with E-state index in [9.17, 15) is 4.39 Å². The van der Waals surface area contributed by atoms with Crippen LogP contribution >= 0.6 is 11.6 Å². The fourth-order valence-corrected chi connectivity index (χ4v) is 3.03. The minimum atomic E-state index is -0.228. The molecular formula is C19H13ClFN3. The molecule has 0 saturated carbocycles. The third-order valence-electron chi connectivity index (χ3n) is 4.01. The second-order valence-corrected chi connectivity index (χ2v) is 6.00. The van der Waals surface area contributed by atoms with Crippen LogP contribution in [0.15, 0.2) is 61.2 Å². The third-order valence-corrected chi connectivity index (χ3v) is 4.32. The number of nitrogens with zero attached hydrogens (tertiary/aromatic N) is 3. The van der Waals surface area contributed by atoms with E-state index >= 15 is 0 Å². The number of hydrogen-bond acceptors (Lipinski definition) is 2. The molecule has 0 fully saturated rings. The molecule has 1 aromatic carbocycles. The minimum absolute atomic E-state index is 0.228. The molecule has 0 saturated heterocycles. The second-order valence-electron chi connectivity index (χ2n) is 5.59. The minimum Gasteiger partial charge on any atom is -0.306 e. The van der Waals surface area contributed by atoms with Gasteiger partial charge in [0.15, 0.2) is 0 Å². The molecule has 0 atom stereocenters. The number of benzene rings is 1. The van der Waals surface area contributed by atoms with Crippen molar-refractivity contribution < 1.29 is 4.39 Å². The second kappa shape index (κ2) is 5.73. The number of fused-ring (bicyclic) bond motifs is 1. The van der Waals surface area contributed by atoms with Crippen molar-refractivity contribution in [3.63, 3.8) is 0 Å². The predicted molar refractivity (Wildman–Crippen MR) is 93.6 cm³/mol. The van der Waals surface area contributed by atoms with E-state index in [4.69, 9.17) is 11.6 Å². The van der Waals surface area contributed by atoms with E-state index in [-0.39, 0.29) is 5.82 Å². The van der Waals surface area contributed by atoms with E-state index in [0.29, 0.717) is 10.6 Å². The molecule has 0 aliphatic rings. The highest BCUT2D eigenvalue weighted by Gasteiger charge is 2.14. The molecule has 0 N–H and O–H groups in total. The first-order chi connectivity index (χ1) is 11.6. The van der Waals surface area contributed by atoms with Gasteiger partial charge < -0.3 is 4.40 Å². The molecule has 0 aliphatic heterocycles. The van der Waals surface area contributed by atoms with Gasteiger partial charge in [0.05, 0.1) is 10.7 Å². The van der Waals surface area contributed by atoms with Crippen molar-refractivity contribution in [2.45, 2.75) is 6.92 Å². The molecule has 0 amide bonds. The van der Waals surface area contributed by atoms with Gasteiger partial charge in [-0.25, -0.2) is 9.37 Å². The summed E-state index contributed by atoms with van der Waals surface area (Å²) < 4.78 is 15.5. The van der Waals surface area contributed by atoms with Crippen LogP contribution < -0.4 is 0 Å². The summed E-state index contributed by atoms with van der Waals surface area (Å²) in [7, 11) is 0. The molecule has 0 spiro atoms. The van der Waals surface area contributed by atoms with Crippen LogP contribution in [0.2, 0.25) is 5.02 Å². The zero-order chi connectivity index (χ0) is 16.7. The van der Waals surface area contributed by atoms with Gasteiger partial charge in [0, 0.05) is 47.5 Å². The van der Waals surface area contributed by atoms with Crippen LogP contribution in [0.25, 0.3) is 28.0 Å². The van der Waals surface area contributed by atoms with Crippen LogP contribution in [-0.2, 0) is 0 Å². The first-order valence-electron chi connectivity index (χ1n) is 7.47. The number of pyridine rings is 2. The maximum absolute atomic E-state index is 13.6. The lowest BCUT2D eigenvalue weighted by molar-refractivity contribution is 0.619. The van der Waals surface area contributed by atoms with Crippen molar-refractivity contribution in [1.82, 2.24) is 14.4 Å². The Morgan fingerprint density at radius 2 is 1.92 bits per heavy atom. The van der Waals surface area contributed by atoms with E-state index in [2.05, 4.69) is 9.97 Å². The van der Waals surface area contributed by atoms with Gasteiger partial charge in [-0.3, -0.25) is 4.98 Å². The molecule has 3 heterocycles. The molecule has 24 heavy (non-hydrogen) atoms. The van der Waals surface area contributed by atoms with Gasteiger partial charge in [-0.1, -0.05) is 17.7 Å². The lowest BCUT2D eigenvalue weighted by atomic mass is 9.99. The highest BCUT2D eigenvalue weighted by Crippen LogP contribution is 2.35. The Labute approximate surface area is 143 Å². The van der Waals surface area contributed by atoms with Crippen molar-refractivity contribution in [1.29, 1.82) is 0 Å². The molecule has 0 unspecified atom stereocenters. The lowest BCUT2D eigenvalue weighted by Gasteiger charge is -2.12. The highest BCUT2D eigenvalue weighted by molar-refractivity contribution is 6.33. The van der Waals surface area contributed by atoms with Crippen LogP contribution in [0.1, 0.15) is 5.56 Å². The fourth-order valence-electron chi connectivity index (χ4n) is 2.78. The molecule has 3 nitrogen and oxygen atoms in total. The van der Waals surface area contributed by atoms with Gasteiger partial charge in [-0.05, 0) is 36.8 Å². The SMILES string of the molecule is Cc1cc(-c2ncccc2-c2cn3ccnc3cc2Cl)ccc1F. The van der Waals surface area contributed by atoms with Crippen molar-refractivity contribution in [2.75, 3.05) is 0 Å². The summed E-state index contributed by atoms with van der Waals surface area (Å²) in [5.41, 5.74) is 4.73. The van der Waals surface area contributed by atoms with Gasteiger partial charge in [0.2, 0.25) is 0 Å². The van der Waals surface area contributed by atoms with Gasteiger partial charge in [-0.15, -0.1) is 0 Å². The topological polar surface area (TPSA) is 30.2 Å². The van der Waals surface area contributed by atoms with Crippen LogP contribution in [-0.4, -0.2) is 14.4 Å². The molecule has 5 heteroatoms. The van der Waals surface area contributed by atoms with Crippen molar-refractivity contribution >= 4 is 17.2 Å². The Hall–Kier alpha value is -2.72. The van der Waals surface area contributed by atoms with Crippen LogP contribution in [0.5, 0.6) is 0 Å². The quantitative estimate of drug-likeness (QED) is 0.505. The zero-order valence-corrected chi connectivity index (χ0v) is 13.6. The molecule has 0 bridgehead atoms. The monoisotopic (exact) mass is 337 g/mol. The summed E-state index contributed by atoms with van der Waals surface area (Å²) >= 11 is 6.47. The Morgan fingerprint density at radius 1 is 1.04 bits per heavy atom. The maximum atomic E-state index is 13.6. The molecular weight excluding hydrogens is 325 g/mol. The van der Waals surface area contributed by atoms with Gasteiger partial charge in [-0.2, -0.15) is 0 Å². The Bertz CT molecular complexity index is 1060. The molecule has 0 radical (unpaired) electrons. The molecule has 4 aromatic rings. The Morgan fingerprint density at radius 3 is 2.75 bits per heavy atom. The summed E-state index contributed by atoms with van der Waals surface area (Å²) in [6, 6.07) is 10.6. The largest absolute Gasteiger partial charge is 0.306 e. The number of imidazole rings is 1. The van der Waals surface area contributed by atoms with Crippen molar-refractivity contribution in [3.8, 4) is 22.4 Å². The van der Waals surface area contributed by atoms with Crippen LogP contribution in [0.4, 0.5) is 4.39 Å². The van der Waals surface area contributed by atoms with Crippen LogP contribution in [0.3, 0.4) is 0 Å². The summed E-state index contributed by atoms with van der Waals surface area (Å²) in [5, 5.41) is 0.599. The predicted octanol–water partition coefficient (Wildman–Crippen LogP) is 5.16. The molecule has 4 rings (SSSR count). The maximum Gasteiger partial charge on any atom is 0.138 e. The van der Waals surface area contributed by atoms with Gasteiger partial charge in [0.1, 0.15) is 11.5 Å². The average Bonchev–Trinajstić information content (AvgIpc) is 3.04. The summed E-state index contributed by atoms with van der Waals surface area (Å²) in [6.45, 7) is 1.74. The lowest BCUT2D eigenvalue weighted by Crippen LogP contribution is -1.93. The van der Waals surface area contributed by atoms with E-state index < -0.39 is 0 Å². The van der Waals surface area contributed by atoms with Crippen molar-refractivity contribution in [2.24, 2.45) is 0 Å². The molecule has 0 aliphatic carbocycles. The summed E-state index contributed by atoms with van der Waals surface area (Å²) in [5.74, 6) is -0.228. The van der Waals surface area contributed by atoms with E-state index in [1.165, 1.54) is 6.07 Å². The van der Waals surface area contributed by atoms with E-state index in [0.717, 1.165) is 28.0 Å². The van der Waals surface area contributed by atoms with Gasteiger partial charge >= 0.3 is 0 Å². The summed E-state index contributed by atoms with van der Waals surface area (Å²) in [4.78, 5) is 8.74. The smallest absolute Gasteiger partial charge is 0.138 e. The third kappa shape index (κ3) is 2.45. The molecule has 118 valence electrons. The van der Waals surface area contributed by atoms with Crippen LogP contribution in [0, 0.1) is 12.7 Å². The zero-order valence-electron chi connectivity index (χ0n) is 12.9. The number of aromatic nitrogens is 3. The molecule has 3 aromatic heterocycles. The van der Waals surface area contributed by atoms with Crippen molar-refractivity contribution in [3.05, 3.63) is 77.6 Å². The number of rotatable bonds is 2.